The number of amides is 1. The number of ether oxygens (including phenoxy) is 1. The average molecular weight is 270 g/mol. The highest BCUT2D eigenvalue weighted by molar-refractivity contribution is 5.88. The third-order valence-corrected chi connectivity index (χ3v) is 2.96. The fourth-order valence-electron chi connectivity index (χ4n) is 2.08. The molecule has 0 saturated heterocycles. The van der Waals surface area contributed by atoms with Gasteiger partial charge in [-0.05, 0) is 16.8 Å². The summed E-state index contributed by atoms with van der Waals surface area (Å²) >= 11 is 0. The molecule has 2 rings (SSSR count). The van der Waals surface area contributed by atoms with E-state index in [-0.39, 0.29) is 6.61 Å². The lowest BCUT2D eigenvalue weighted by Gasteiger charge is -2.14. The molecule has 0 fully saturated rings. The number of primary amides is 1. The van der Waals surface area contributed by atoms with Crippen molar-refractivity contribution in [2.45, 2.75) is 6.54 Å². The van der Waals surface area contributed by atoms with Gasteiger partial charge in [0.25, 0.3) is 5.91 Å². The maximum atomic E-state index is 10.9. The Morgan fingerprint density at radius 1 is 1.30 bits per heavy atom. The Bertz CT molecular complexity index is 623. The largest absolute Gasteiger partial charge is 0.483 e. The quantitative estimate of drug-likeness (QED) is 0.597. The summed E-state index contributed by atoms with van der Waals surface area (Å²) in [4.78, 5) is 10.9. The predicted octanol–water partition coefficient (Wildman–Crippen LogP) is 1.98. The second-order valence-electron chi connectivity index (χ2n) is 4.44. The van der Waals surface area contributed by atoms with Gasteiger partial charge in [0.2, 0.25) is 0 Å². The van der Waals surface area contributed by atoms with Gasteiger partial charge >= 0.3 is 0 Å². The van der Waals surface area contributed by atoms with Gasteiger partial charge in [0.05, 0.1) is 0 Å². The molecule has 20 heavy (non-hydrogen) atoms. The van der Waals surface area contributed by atoms with Crippen LogP contribution in [0.25, 0.3) is 10.8 Å². The number of fused-ring (bicyclic) bond motifs is 1. The maximum Gasteiger partial charge on any atom is 0.255 e. The summed E-state index contributed by atoms with van der Waals surface area (Å²) < 4.78 is 5.50. The van der Waals surface area contributed by atoms with Gasteiger partial charge in [-0.2, -0.15) is 0 Å². The summed E-state index contributed by atoms with van der Waals surface area (Å²) in [6.07, 6.45) is 1.80. The lowest BCUT2D eigenvalue weighted by atomic mass is 10.0. The van der Waals surface area contributed by atoms with E-state index < -0.39 is 5.91 Å². The first kappa shape index (κ1) is 14.1. The van der Waals surface area contributed by atoms with Crippen LogP contribution in [0.1, 0.15) is 5.56 Å². The summed E-state index contributed by atoms with van der Waals surface area (Å²) in [5.74, 6) is 0.197. The minimum atomic E-state index is -0.483. The zero-order valence-electron chi connectivity index (χ0n) is 11.3. The van der Waals surface area contributed by atoms with Crippen molar-refractivity contribution in [3.8, 4) is 5.75 Å². The monoisotopic (exact) mass is 270 g/mol. The zero-order valence-corrected chi connectivity index (χ0v) is 11.3. The molecule has 0 saturated carbocycles. The van der Waals surface area contributed by atoms with Crippen LogP contribution in [0.5, 0.6) is 5.75 Å². The first-order chi connectivity index (χ1) is 9.72. The number of rotatable bonds is 7. The normalized spacial score (nSPS) is 10.4. The fraction of sp³-hybridized carbons (Fsp3) is 0.188. The van der Waals surface area contributed by atoms with Crippen LogP contribution >= 0.6 is 0 Å². The Morgan fingerprint density at radius 2 is 2.10 bits per heavy atom. The highest BCUT2D eigenvalue weighted by Gasteiger charge is 2.09. The van der Waals surface area contributed by atoms with Crippen LogP contribution in [-0.2, 0) is 11.3 Å². The Kier molecular flexibility index (Phi) is 4.74. The fourth-order valence-corrected chi connectivity index (χ4v) is 2.08. The molecule has 0 aliphatic heterocycles. The van der Waals surface area contributed by atoms with E-state index in [1.54, 1.807) is 6.08 Å². The van der Waals surface area contributed by atoms with Crippen molar-refractivity contribution >= 4 is 16.7 Å². The molecule has 3 N–H and O–H groups in total. The third kappa shape index (κ3) is 3.36. The van der Waals surface area contributed by atoms with Gasteiger partial charge in [-0.25, -0.2) is 0 Å². The number of carbonyl (C=O) groups excluding carboxylic acids is 1. The molecular formula is C16H18N2O2. The van der Waals surface area contributed by atoms with E-state index in [2.05, 4.69) is 11.9 Å². The van der Waals surface area contributed by atoms with Gasteiger partial charge in [0, 0.05) is 18.7 Å². The molecule has 0 aliphatic carbocycles. The highest BCUT2D eigenvalue weighted by atomic mass is 16.5. The first-order valence-electron chi connectivity index (χ1n) is 6.45. The van der Waals surface area contributed by atoms with Crippen molar-refractivity contribution < 1.29 is 9.53 Å². The van der Waals surface area contributed by atoms with Crippen molar-refractivity contribution in [3.63, 3.8) is 0 Å². The lowest BCUT2D eigenvalue weighted by Crippen LogP contribution is -2.21. The molecule has 0 unspecified atom stereocenters. The second kappa shape index (κ2) is 6.73. The topological polar surface area (TPSA) is 64.3 Å². The molecule has 4 nitrogen and oxygen atoms in total. The molecule has 4 heteroatoms. The molecule has 2 aromatic rings. The van der Waals surface area contributed by atoms with Gasteiger partial charge in [0.1, 0.15) is 5.75 Å². The minimum Gasteiger partial charge on any atom is -0.483 e. The molecule has 104 valence electrons. The number of nitrogens with two attached hydrogens (primary N) is 1. The average Bonchev–Trinajstić information content (AvgIpc) is 2.46. The number of hydrogen-bond acceptors (Lipinski definition) is 3. The molecule has 0 spiro atoms. The first-order valence-corrected chi connectivity index (χ1v) is 6.45. The van der Waals surface area contributed by atoms with Crippen LogP contribution in [0.4, 0.5) is 0 Å². The van der Waals surface area contributed by atoms with Gasteiger partial charge < -0.3 is 15.8 Å². The highest BCUT2D eigenvalue weighted by Crippen LogP contribution is 2.28. The van der Waals surface area contributed by atoms with Crippen LogP contribution < -0.4 is 15.8 Å². The van der Waals surface area contributed by atoms with E-state index in [0.29, 0.717) is 18.8 Å². The van der Waals surface area contributed by atoms with Crippen LogP contribution in [0.2, 0.25) is 0 Å². The Morgan fingerprint density at radius 3 is 2.85 bits per heavy atom. The number of hydrogen-bond donors (Lipinski definition) is 2. The minimum absolute atomic E-state index is 0.118. The van der Waals surface area contributed by atoms with E-state index in [1.807, 2.05) is 36.4 Å². The van der Waals surface area contributed by atoms with Crippen LogP contribution in [0.15, 0.2) is 49.1 Å². The molecule has 1 amide bonds. The molecule has 0 atom stereocenters. The molecule has 0 radical (unpaired) electrons. The van der Waals surface area contributed by atoms with E-state index in [9.17, 15) is 4.79 Å². The molecule has 0 aliphatic rings. The molecule has 0 bridgehead atoms. The van der Waals surface area contributed by atoms with E-state index in [0.717, 1.165) is 16.3 Å². The Hall–Kier alpha value is -2.33. The summed E-state index contributed by atoms with van der Waals surface area (Å²) in [5.41, 5.74) is 6.15. The zero-order chi connectivity index (χ0) is 14.4. The standard InChI is InChI=1S/C16H18N2O2/c1-2-9-18-10-14-13-6-4-3-5-12(13)7-8-15(14)20-11-16(17)19/h2-8,18H,1,9-11H2,(H2,17,19). The van der Waals surface area contributed by atoms with Crippen LogP contribution in [-0.4, -0.2) is 19.1 Å². The summed E-state index contributed by atoms with van der Waals surface area (Å²) in [6, 6.07) is 11.9. The molecule has 0 aromatic heterocycles. The van der Waals surface area contributed by atoms with E-state index in [1.165, 1.54) is 0 Å². The van der Waals surface area contributed by atoms with E-state index in [4.69, 9.17) is 10.5 Å². The van der Waals surface area contributed by atoms with Crippen molar-refractivity contribution in [2.24, 2.45) is 5.73 Å². The Labute approximate surface area is 118 Å². The summed E-state index contributed by atoms with van der Waals surface area (Å²) in [6.45, 7) is 4.91. The van der Waals surface area contributed by atoms with Crippen molar-refractivity contribution in [1.82, 2.24) is 5.32 Å². The lowest BCUT2D eigenvalue weighted by molar-refractivity contribution is -0.119. The molecule has 0 heterocycles. The van der Waals surface area contributed by atoms with Gasteiger partial charge in [-0.15, -0.1) is 6.58 Å². The van der Waals surface area contributed by atoms with Crippen molar-refractivity contribution in [1.29, 1.82) is 0 Å². The molecule has 2 aromatic carbocycles. The van der Waals surface area contributed by atoms with Gasteiger partial charge in [-0.3, -0.25) is 4.79 Å². The van der Waals surface area contributed by atoms with Crippen LogP contribution in [0.3, 0.4) is 0 Å². The maximum absolute atomic E-state index is 10.9. The van der Waals surface area contributed by atoms with Crippen molar-refractivity contribution in [2.75, 3.05) is 13.2 Å². The second-order valence-corrected chi connectivity index (χ2v) is 4.44. The summed E-state index contributed by atoms with van der Waals surface area (Å²) in [7, 11) is 0. The Balaban J connectivity index is 2.35. The smallest absolute Gasteiger partial charge is 0.255 e. The third-order valence-electron chi connectivity index (χ3n) is 2.96. The van der Waals surface area contributed by atoms with Gasteiger partial charge in [-0.1, -0.05) is 36.4 Å². The predicted molar refractivity (Wildman–Crippen MR) is 80.5 cm³/mol. The van der Waals surface area contributed by atoms with Crippen LogP contribution in [0, 0.1) is 0 Å². The number of carbonyl (C=O) groups is 1. The van der Waals surface area contributed by atoms with E-state index >= 15 is 0 Å². The van der Waals surface area contributed by atoms with Gasteiger partial charge in [0.15, 0.2) is 6.61 Å². The van der Waals surface area contributed by atoms with Crippen molar-refractivity contribution in [3.05, 3.63) is 54.6 Å². The SMILES string of the molecule is C=CCNCc1c(OCC(N)=O)ccc2ccccc12. The molecular weight excluding hydrogens is 252 g/mol. The number of benzene rings is 2. The summed E-state index contributed by atoms with van der Waals surface area (Å²) in [5, 5.41) is 5.49. The number of nitrogens with one attached hydrogen (secondary N) is 1.